The van der Waals surface area contributed by atoms with Crippen molar-refractivity contribution in [1.82, 2.24) is 3.97 Å². The van der Waals surface area contributed by atoms with Gasteiger partial charge in [-0.15, -0.1) is 0 Å². The molecule has 0 saturated heterocycles. The third-order valence-corrected chi connectivity index (χ3v) is 4.59. The van der Waals surface area contributed by atoms with E-state index in [0.717, 1.165) is 0 Å². The molecule has 0 bridgehead atoms. The SMILES string of the molecule is [2H]c1c(S(=O)(=O)Cl)c([2H])n(S(=O)(=O)C(C)C)c1[2H]. The highest BCUT2D eigenvalue weighted by atomic mass is 35.7. The maximum absolute atomic E-state index is 11.9. The number of hydrogen-bond acceptors (Lipinski definition) is 4. The van der Waals surface area contributed by atoms with Crippen LogP contribution in [-0.2, 0) is 19.1 Å². The van der Waals surface area contributed by atoms with Crippen molar-refractivity contribution in [2.45, 2.75) is 24.0 Å². The van der Waals surface area contributed by atoms with Crippen molar-refractivity contribution in [3.8, 4) is 0 Å². The summed E-state index contributed by atoms with van der Waals surface area (Å²) in [5, 5.41) is -0.969. The second kappa shape index (κ2) is 3.80. The van der Waals surface area contributed by atoms with Crippen LogP contribution in [0.25, 0.3) is 0 Å². The number of halogens is 1. The molecular weight excluding hydrogens is 262 g/mol. The molecule has 0 unspecified atom stereocenters. The van der Waals surface area contributed by atoms with Crippen molar-refractivity contribution in [2.24, 2.45) is 0 Å². The molecule has 15 heavy (non-hydrogen) atoms. The summed E-state index contributed by atoms with van der Waals surface area (Å²) in [6, 6.07) is -0.903. The second-order valence-electron chi connectivity index (χ2n) is 2.97. The smallest absolute Gasteiger partial charge is 0.251 e. The molecule has 0 amide bonds. The molecule has 86 valence electrons. The fourth-order valence-electron chi connectivity index (χ4n) is 0.703. The Morgan fingerprint density at radius 3 is 2.27 bits per heavy atom. The first-order valence-electron chi connectivity index (χ1n) is 5.30. The predicted octanol–water partition coefficient (Wildman–Crippen LogP) is 1.00. The Morgan fingerprint density at radius 1 is 1.40 bits per heavy atom. The molecule has 8 heteroatoms. The van der Waals surface area contributed by atoms with Crippen LogP contribution in [-0.4, -0.2) is 26.1 Å². The molecule has 0 spiro atoms. The van der Waals surface area contributed by atoms with Gasteiger partial charge in [0, 0.05) is 23.0 Å². The Hall–Kier alpha value is -0.530. The third kappa shape index (κ3) is 2.53. The van der Waals surface area contributed by atoms with Crippen molar-refractivity contribution in [2.75, 3.05) is 0 Å². The molecule has 1 aromatic heterocycles. The summed E-state index contributed by atoms with van der Waals surface area (Å²) in [6.45, 7) is 2.62. The topological polar surface area (TPSA) is 73.2 Å². The average molecular weight is 275 g/mol. The van der Waals surface area contributed by atoms with Crippen molar-refractivity contribution >= 4 is 29.8 Å². The van der Waals surface area contributed by atoms with E-state index >= 15 is 0 Å². The Labute approximate surface area is 97.4 Å². The summed E-state index contributed by atoms with van der Waals surface area (Å²) >= 11 is 0. The van der Waals surface area contributed by atoms with Gasteiger partial charge in [0.05, 0.1) is 9.36 Å². The molecular formula is C7H10ClNO4S2. The zero-order valence-corrected chi connectivity index (χ0v) is 10.2. The van der Waals surface area contributed by atoms with E-state index in [1.807, 2.05) is 0 Å². The van der Waals surface area contributed by atoms with Crippen LogP contribution in [0.4, 0.5) is 0 Å². The van der Waals surface area contributed by atoms with Crippen LogP contribution in [0.3, 0.4) is 0 Å². The standard InChI is InChI=1S/C7H10ClNO4S2/c1-6(2)15(12,13)9-4-3-7(5-9)14(8,10)11/h3-6H,1-2H3/i3D,4D,5D. The molecule has 0 atom stereocenters. The Morgan fingerprint density at radius 2 is 1.93 bits per heavy atom. The molecule has 0 radical (unpaired) electrons. The fourth-order valence-corrected chi connectivity index (χ4v) is 2.16. The molecule has 0 N–H and O–H groups in total. The highest BCUT2D eigenvalue weighted by Gasteiger charge is 2.20. The fraction of sp³-hybridized carbons (Fsp3) is 0.429. The number of nitrogens with zero attached hydrogens (tertiary/aromatic N) is 1. The van der Waals surface area contributed by atoms with Crippen LogP contribution in [0.5, 0.6) is 0 Å². The van der Waals surface area contributed by atoms with Crippen LogP contribution in [0.15, 0.2) is 23.3 Å². The van der Waals surface area contributed by atoms with Crippen LogP contribution >= 0.6 is 10.7 Å². The minimum absolute atomic E-state index is 0.204. The van der Waals surface area contributed by atoms with Gasteiger partial charge >= 0.3 is 0 Å². The van der Waals surface area contributed by atoms with Crippen LogP contribution in [0.1, 0.15) is 18.0 Å². The van der Waals surface area contributed by atoms with Gasteiger partial charge in [-0.3, -0.25) is 3.97 Å². The zero-order valence-electron chi connectivity index (χ0n) is 10.9. The Kier molecular flexibility index (Phi) is 2.18. The number of aromatic nitrogens is 1. The minimum Gasteiger partial charge on any atom is -0.251 e. The van der Waals surface area contributed by atoms with Crippen LogP contribution < -0.4 is 0 Å². The molecule has 5 nitrogen and oxygen atoms in total. The van der Waals surface area contributed by atoms with E-state index in [1.165, 1.54) is 13.8 Å². The zero-order chi connectivity index (χ0) is 14.5. The summed E-state index contributed by atoms with van der Waals surface area (Å²) in [5.74, 6) is 0. The molecule has 0 aliphatic rings. The van der Waals surface area contributed by atoms with Crippen molar-refractivity contribution in [3.63, 3.8) is 0 Å². The Bertz CT molecular complexity index is 693. The Balaban J connectivity index is 3.83. The lowest BCUT2D eigenvalue weighted by molar-refractivity contribution is 0.578. The highest BCUT2D eigenvalue weighted by Crippen LogP contribution is 2.17. The van der Waals surface area contributed by atoms with E-state index in [0.29, 0.717) is 0 Å². The largest absolute Gasteiger partial charge is 0.262 e. The molecule has 0 aromatic carbocycles. The average Bonchev–Trinajstić information content (AvgIpc) is 2.36. The van der Waals surface area contributed by atoms with E-state index in [-0.39, 0.29) is 3.97 Å². The number of rotatable bonds is 3. The van der Waals surface area contributed by atoms with Crippen molar-refractivity contribution < 1.29 is 20.9 Å². The molecule has 0 saturated carbocycles. The van der Waals surface area contributed by atoms with Gasteiger partial charge in [-0.25, -0.2) is 16.8 Å². The van der Waals surface area contributed by atoms with Gasteiger partial charge in [0.25, 0.3) is 9.05 Å². The molecule has 1 heterocycles. The summed E-state index contributed by atoms with van der Waals surface area (Å²) in [4.78, 5) is -0.974. The highest BCUT2D eigenvalue weighted by molar-refractivity contribution is 8.13. The molecule has 1 rings (SSSR count). The maximum atomic E-state index is 11.9. The van der Waals surface area contributed by atoms with Gasteiger partial charge in [0.15, 0.2) is 0 Å². The van der Waals surface area contributed by atoms with Gasteiger partial charge < -0.3 is 0 Å². The lowest BCUT2D eigenvalue weighted by Crippen LogP contribution is -2.20. The normalized spacial score (nSPS) is 16.1. The van der Waals surface area contributed by atoms with Gasteiger partial charge in [-0.2, -0.15) is 0 Å². The molecule has 1 aromatic rings. The van der Waals surface area contributed by atoms with E-state index in [4.69, 9.17) is 14.8 Å². The monoisotopic (exact) mass is 274 g/mol. The second-order valence-corrected chi connectivity index (χ2v) is 7.81. The van der Waals surface area contributed by atoms with Crippen molar-refractivity contribution in [1.29, 1.82) is 0 Å². The van der Waals surface area contributed by atoms with Crippen LogP contribution in [0.2, 0.25) is 0 Å². The summed E-state index contributed by atoms with van der Waals surface area (Å²) < 4.78 is 68.6. The molecule has 0 fully saturated rings. The summed E-state index contributed by atoms with van der Waals surface area (Å²) in [5.41, 5.74) is 0. The molecule has 0 aliphatic heterocycles. The predicted molar refractivity (Wildman–Crippen MR) is 56.9 cm³/mol. The van der Waals surface area contributed by atoms with Crippen LogP contribution in [0, 0.1) is 0 Å². The lowest BCUT2D eigenvalue weighted by Gasteiger charge is -2.07. The third-order valence-electron chi connectivity index (χ3n) is 1.57. The van der Waals surface area contributed by atoms with Gasteiger partial charge in [0.2, 0.25) is 10.0 Å². The lowest BCUT2D eigenvalue weighted by atomic mass is 10.6. The van der Waals surface area contributed by atoms with E-state index in [2.05, 4.69) is 0 Å². The van der Waals surface area contributed by atoms with Gasteiger partial charge in [-0.05, 0) is 19.9 Å². The van der Waals surface area contributed by atoms with Gasteiger partial charge in [0.1, 0.15) is 4.90 Å². The summed E-state index contributed by atoms with van der Waals surface area (Å²) in [7, 11) is -3.54. The van der Waals surface area contributed by atoms with E-state index < -0.39 is 47.6 Å². The molecule has 0 aliphatic carbocycles. The first-order chi connectivity index (χ1) is 7.92. The first-order valence-corrected chi connectivity index (χ1v) is 7.61. The maximum Gasteiger partial charge on any atom is 0.262 e. The quantitative estimate of drug-likeness (QED) is 0.771. The first kappa shape index (κ1) is 8.60. The van der Waals surface area contributed by atoms with E-state index in [9.17, 15) is 16.8 Å². The number of hydrogen-bond donors (Lipinski definition) is 0. The summed E-state index contributed by atoms with van der Waals surface area (Å²) in [6.07, 6.45) is -1.89. The minimum atomic E-state index is -4.46. The van der Waals surface area contributed by atoms with Crippen molar-refractivity contribution in [3.05, 3.63) is 18.4 Å². The van der Waals surface area contributed by atoms with E-state index in [1.54, 1.807) is 0 Å². The van der Waals surface area contributed by atoms with Gasteiger partial charge in [-0.1, -0.05) is 0 Å².